The fourth-order valence-electron chi connectivity index (χ4n) is 3.80. The molecule has 1 atom stereocenters. The minimum absolute atomic E-state index is 0.0353. The van der Waals surface area contributed by atoms with Crippen molar-refractivity contribution in [1.82, 2.24) is 8.87 Å². The second-order valence-corrected chi connectivity index (χ2v) is 10.1. The summed E-state index contributed by atoms with van der Waals surface area (Å²) in [6, 6.07) is 9.16. The van der Waals surface area contributed by atoms with Crippen LogP contribution in [-0.4, -0.2) is 42.2 Å². The number of hydrogen-bond acceptors (Lipinski definition) is 4. The van der Waals surface area contributed by atoms with Gasteiger partial charge in [-0.2, -0.15) is 4.31 Å². The van der Waals surface area contributed by atoms with Crippen LogP contribution < -0.4 is 11.1 Å². The highest BCUT2D eigenvalue weighted by Gasteiger charge is 2.33. The van der Waals surface area contributed by atoms with Gasteiger partial charge in [-0.15, -0.1) is 0 Å². The van der Waals surface area contributed by atoms with E-state index in [1.165, 1.54) is 26.7 Å². The van der Waals surface area contributed by atoms with Crippen molar-refractivity contribution in [1.29, 1.82) is 0 Å². The number of primary amides is 1. The Morgan fingerprint density at radius 3 is 2.32 bits per heavy atom. The van der Waals surface area contributed by atoms with Gasteiger partial charge in [-0.1, -0.05) is 26.0 Å². The van der Waals surface area contributed by atoms with Crippen LogP contribution >= 0.6 is 0 Å². The van der Waals surface area contributed by atoms with Crippen LogP contribution in [0.5, 0.6) is 0 Å². The van der Waals surface area contributed by atoms with Crippen LogP contribution in [0.1, 0.15) is 55.1 Å². The summed E-state index contributed by atoms with van der Waals surface area (Å²) in [6.07, 6.45) is 3.31. The van der Waals surface area contributed by atoms with Crippen LogP contribution in [0.25, 0.3) is 0 Å². The van der Waals surface area contributed by atoms with Crippen LogP contribution in [0.2, 0.25) is 0 Å². The van der Waals surface area contributed by atoms with E-state index in [1.807, 2.05) is 24.3 Å². The van der Waals surface area contributed by atoms with E-state index in [4.69, 9.17) is 5.73 Å². The van der Waals surface area contributed by atoms with E-state index in [0.29, 0.717) is 18.8 Å². The normalized spacial score (nSPS) is 16.7. The van der Waals surface area contributed by atoms with Gasteiger partial charge in [0.1, 0.15) is 10.6 Å². The molecule has 9 heteroatoms. The summed E-state index contributed by atoms with van der Waals surface area (Å²) in [7, 11) is -2.17. The molecule has 1 saturated heterocycles. The summed E-state index contributed by atoms with van der Waals surface area (Å²) in [5.74, 6) is -0.557. The van der Waals surface area contributed by atoms with Gasteiger partial charge in [0.2, 0.25) is 15.9 Å². The minimum atomic E-state index is -3.75. The zero-order valence-electron chi connectivity index (χ0n) is 18.2. The Labute approximate surface area is 183 Å². The number of nitrogens with zero attached hydrogens (tertiary/aromatic N) is 2. The lowest BCUT2D eigenvalue weighted by Gasteiger charge is -2.30. The van der Waals surface area contributed by atoms with Crippen molar-refractivity contribution in [2.75, 3.05) is 18.4 Å². The number of nitrogens with one attached hydrogen (secondary N) is 1. The average molecular weight is 447 g/mol. The third-order valence-corrected chi connectivity index (χ3v) is 7.92. The molecular formula is C22H30N4O4S. The number of benzene rings is 1. The Morgan fingerprint density at radius 2 is 1.81 bits per heavy atom. The quantitative estimate of drug-likeness (QED) is 0.680. The molecule has 1 unspecified atom stereocenters. The molecule has 0 radical (unpaired) electrons. The molecule has 2 amide bonds. The van der Waals surface area contributed by atoms with Crippen LogP contribution in [0.15, 0.2) is 41.4 Å². The first-order chi connectivity index (χ1) is 14.6. The van der Waals surface area contributed by atoms with Crippen molar-refractivity contribution in [3.63, 3.8) is 0 Å². The molecule has 31 heavy (non-hydrogen) atoms. The standard InChI is InChI=1S/C22H30N4O4S/c1-4-15(2)16-5-7-18(8-6-16)24-22(28)17-9-11-26(12-10-17)31(29,30)19-13-20(21(23)27)25(3)14-19/h5-8,13-15,17H,4,9-12H2,1-3H3,(H2,23,27)(H,24,28). The summed E-state index contributed by atoms with van der Waals surface area (Å²) in [5, 5.41) is 2.94. The third kappa shape index (κ3) is 4.99. The van der Waals surface area contributed by atoms with Crippen LogP contribution in [0.3, 0.4) is 0 Å². The summed E-state index contributed by atoms with van der Waals surface area (Å²) in [4.78, 5) is 24.1. The number of sulfonamides is 1. The van der Waals surface area contributed by atoms with Crippen molar-refractivity contribution >= 4 is 27.5 Å². The number of anilines is 1. The van der Waals surface area contributed by atoms with E-state index in [2.05, 4.69) is 19.2 Å². The van der Waals surface area contributed by atoms with Gasteiger partial charge in [-0.25, -0.2) is 8.42 Å². The SMILES string of the molecule is CCC(C)c1ccc(NC(=O)C2CCN(S(=O)(=O)c3cc(C(N)=O)n(C)c3)CC2)cc1. The van der Waals surface area contributed by atoms with Crippen molar-refractivity contribution in [2.45, 2.75) is 43.9 Å². The van der Waals surface area contributed by atoms with Crippen molar-refractivity contribution < 1.29 is 18.0 Å². The number of carbonyl (C=O) groups excluding carboxylic acids is 2. The molecule has 0 bridgehead atoms. The van der Waals surface area contributed by atoms with Crippen LogP contribution in [0, 0.1) is 5.92 Å². The molecule has 2 aromatic rings. The molecule has 3 rings (SSSR count). The number of hydrogen-bond donors (Lipinski definition) is 2. The summed E-state index contributed by atoms with van der Waals surface area (Å²) >= 11 is 0. The zero-order valence-corrected chi connectivity index (χ0v) is 19.0. The number of aryl methyl sites for hydroxylation is 1. The molecule has 1 aliphatic rings. The maximum Gasteiger partial charge on any atom is 0.265 e. The van der Waals surface area contributed by atoms with E-state index in [-0.39, 0.29) is 35.5 Å². The number of rotatable bonds is 7. The van der Waals surface area contributed by atoms with E-state index in [9.17, 15) is 18.0 Å². The van der Waals surface area contributed by atoms with Crippen LogP contribution in [-0.2, 0) is 21.9 Å². The maximum atomic E-state index is 12.9. The van der Waals surface area contributed by atoms with Gasteiger partial charge < -0.3 is 15.6 Å². The van der Waals surface area contributed by atoms with E-state index in [0.717, 1.165) is 12.1 Å². The molecular weight excluding hydrogens is 416 g/mol. The number of carbonyl (C=O) groups is 2. The van der Waals surface area contributed by atoms with Gasteiger partial charge >= 0.3 is 0 Å². The highest BCUT2D eigenvalue weighted by molar-refractivity contribution is 7.89. The molecule has 3 N–H and O–H groups in total. The van der Waals surface area contributed by atoms with Gasteiger partial charge in [0.25, 0.3) is 5.91 Å². The van der Waals surface area contributed by atoms with E-state index in [1.54, 1.807) is 7.05 Å². The van der Waals surface area contributed by atoms with Crippen molar-refractivity contribution in [3.8, 4) is 0 Å². The number of aromatic nitrogens is 1. The topological polar surface area (TPSA) is 114 Å². The van der Waals surface area contributed by atoms with Crippen molar-refractivity contribution in [2.24, 2.45) is 18.7 Å². The largest absolute Gasteiger partial charge is 0.364 e. The first kappa shape index (κ1) is 23.0. The Hall–Kier alpha value is -2.65. The van der Waals surface area contributed by atoms with Crippen molar-refractivity contribution in [3.05, 3.63) is 47.8 Å². The Balaban J connectivity index is 1.60. The van der Waals surface area contributed by atoms with Gasteiger partial charge in [0.05, 0.1) is 0 Å². The second-order valence-electron chi connectivity index (χ2n) is 8.14. The van der Waals surface area contributed by atoms with E-state index < -0.39 is 15.9 Å². The average Bonchev–Trinajstić information content (AvgIpc) is 3.16. The van der Waals surface area contributed by atoms with Gasteiger partial charge in [-0.3, -0.25) is 9.59 Å². The number of nitrogens with two attached hydrogens (primary N) is 1. The second kappa shape index (κ2) is 9.23. The Kier molecular flexibility index (Phi) is 6.86. The highest BCUT2D eigenvalue weighted by atomic mass is 32.2. The summed E-state index contributed by atoms with van der Waals surface area (Å²) < 4.78 is 28.6. The lowest BCUT2D eigenvalue weighted by molar-refractivity contribution is -0.120. The molecule has 8 nitrogen and oxygen atoms in total. The first-order valence-electron chi connectivity index (χ1n) is 10.5. The third-order valence-electron chi connectivity index (χ3n) is 6.05. The fraction of sp³-hybridized carbons (Fsp3) is 0.455. The summed E-state index contributed by atoms with van der Waals surface area (Å²) in [6.45, 7) is 4.79. The molecule has 1 aromatic heterocycles. The summed E-state index contributed by atoms with van der Waals surface area (Å²) in [5.41, 5.74) is 7.39. The molecule has 1 fully saturated rings. The Morgan fingerprint density at radius 1 is 1.19 bits per heavy atom. The number of piperidine rings is 1. The van der Waals surface area contributed by atoms with E-state index >= 15 is 0 Å². The number of amides is 2. The molecule has 0 saturated carbocycles. The zero-order chi connectivity index (χ0) is 22.8. The molecule has 1 aromatic carbocycles. The molecule has 1 aliphatic heterocycles. The predicted octanol–water partition coefficient (Wildman–Crippen LogP) is 2.68. The van der Waals surface area contributed by atoms with Gasteiger partial charge in [0.15, 0.2) is 0 Å². The molecule has 0 spiro atoms. The molecule has 168 valence electrons. The van der Waals surface area contributed by atoms with Gasteiger partial charge in [0, 0.05) is 37.9 Å². The lowest BCUT2D eigenvalue weighted by Crippen LogP contribution is -2.41. The Bertz CT molecular complexity index is 1050. The fourth-order valence-corrected chi connectivity index (χ4v) is 5.34. The highest BCUT2D eigenvalue weighted by Crippen LogP contribution is 2.26. The smallest absolute Gasteiger partial charge is 0.265 e. The monoisotopic (exact) mass is 446 g/mol. The molecule has 2 heterocycles. The predicted molar refractivity (Wildman–Crippen MR) is 119 cm³/mol. The first-order valence-corrected chi connectivity index (χ1v) is 11.9. The van der Waals surface area contributed by atoms with Gasteiger partial charge in [-0.05, 0) is 48.9 Å². The minimum Gasteiger partial charge on any atom is -0.364 e. The van der Waals surface area contributed by atoms with Crippen LogP contribution in [0.4, 0.5) is 5.69 Å². The maximum absolute atomic E-state index is 12.9. The lowest BCUT2D eigenvalue weighted by atomic mass is 9.96. The molecule has 0 aliphatic carbocycles.